The van der Waals surface area contributed by atoms with Crippen LogP contribution in [0.1, 0.15) is 13.3 Å². The average molecular weight is 305 g/mol. The predicted molar refractivity (Wildman–Crippen MR) is 69.5 cm³/mol. The molecular weight excluding hydrogens is 290 g/mol. The summed E-state index contributed by atoms with van der Waals surface area (Å²) < 4.78 is 41.7. The molecule has 0 unspecified atom stereocenters. The van der Waals surface area contributed by atoms with Crippen molar-refractivity contribution in [2.24, 2.45) is 0 Å². The van der Waals surface area contributed by atoms with Gasteiger partial charge in [0.05, 0.1) is 11.5 Å². The van der Waals surface area contributed by atoms with Gasteiger partial charge in [0.15, 0.2) is 0 Å². The van der Waals surface area contributed by atoms with Crippen molar-refractivity contribution >= 4 is 15.8 Å². The molecule has 1 aromatic carbocycles. The molecule has 9 heteroatoms. The molecule has 1 rings (SSSR count). The van der Waals surface area contributed by atoms with Gasteiger partial charge >= 0.3 is 0 Å². The van der Waals surface area contributed by atoms with E-state index in [1.807, 2.05) is 6.92 Å². The molecule has 20 heavy (non-hydrogen) atoms. The molecule has 0 aliphatic carbocycles. The Morgan fingerprint density at radius 1 is 1.30 bits per heavy atom. The minimum absolute atomic E-state index is 0.0698. The Kier molecular flexibility index (Phi) is 5.86. The zero-order valence-electron chi connectivity index (χ0n) is 10.8. The van der Waals surface area contributed by atoms with Gasteiger partial charge in [-0.2, -0.15) is 8.42 Å². The first-order chi connectivity index (χ1) is 9.36. The minimum atomic E-state index is -4.61. The van der Waals surface area contributed by atoms with E-state index in [0.717, 1.165) is 24.6 Å². The van der Waals surface area contributed by atoms with Crippen LogP contribution >= 0.6 is 0 Å². The highest BCUT2D eigenvalue weighted by Gasteiger charge is 2.21. The van der Waals surface area contributed by atoms with E-state index in [0.29, 0.717) is 6.61 Å². The largest absolute Gasteiger partial charge is 0.490 e. The molecular formula is C11H15NO7S. The lowest BCUT2D eigenvalue weighted by molar-refractivity contribution is -0.385. The summed E-state index contributed by atoms with van der Waals surface area (Å²) in [6.45, 7) is 2.80. The van der Waals surface area contributed by atoms with Gasteiger partial charge in [-0.15, -0.1) is 0 Å². The van der Waals surface area contributed by atoms with E-state index in [4.69, 9.17) is 14.0 Å². The van der Waals surface area contributed by atoms with Crippen molar-refractivity contribution < 1.29 is 27.4 Å². The molecule has 0 aliphatic heterocycles. The summed E-state index contributed by atoms with van der Waals surface area (Å²) in [5.41, 5.74) is -0.452. The first kappa shape index (κ1) is 16.3. The Labute approximate surface area is 116 Å². The van der Waals surface area contributed by atoms with Crippen LogP contribution < -0.4 is 4.74 Å². The molecule has 0 heterocycles. The standard InChI is InChI=1S/C11H15NO7S/c1-2-5-18-6-7-19-10-4-3-9(12(13)14)8-11(10)20(15,16)17/h3-4,8H,2,5-7H2,1H3,(H,15,16,17). The second-order valence-corrected chi connectivity index (χ2v) is 5.21. The van der Waals surface area contributed by atoms with Crippen molar-refractivity contribution in [2.75, 3.05) is 19.8 Å². The number of non-ortho nitro benzene ring substituents is 1. The van der Waals surface area contributed by atoms with E-state index >= 15 is 0 Å². The number of benzene rings is 1. The number of nitrogens with zero attached hydrogens (tertiary/aromatic N) is 1. The van der Waals surface area contributed by atoms with Gasteiger partial charge in [0.1, 0.15) is 17.3 Å². The third-order valence-electron chi connectivity index (χ3n) is 2.25. The van der Waals surface area contributed by atoms with Crippen molar-refractivity contribution in [3.63, 3.8) is 0 Å². The minimum Gasteiger partial charge on any atom is -0.490 e. The van der Waals surface area contributed by atoms with E-state index in [2.05, 4.69) is 0 Å². The van der Waals surface area contributed by atoms with Crippen LogP contribution in [0.25, 0.3) is 0 Å². The zero-order valence-corrected chi connectivity index (χ0v) is 11.6. The van der Waals surface area contributed by atoms with Crippen molar-refractivity contribution in [1.82, 2.24) is 0 Å². The van der Waals surface area contributed by atoms with Gasteiger partial charge in [-0.1, -0.05) is 6.92 Å². The van der Waals surface area contributed by atoms with E-state index < -0.39 is 25.6 Å². The van der Waals surface area contributed by atoms with Crippen LogP contribution in [0.15, 0.2) is 23.1 Å². The summed E-state index contributed by atoms with van der Waals surface area (Å²) in [6, 6.07) is 2.97. The monoisotopic (exact) mass is 305 g/mol. The Morgan fingerprint density at radius 3 is 2.55 bits per heavy atom. The molecule has 0 amide bonds. The highest BCUT2D eigenvalue weighted by molar-refractivity contribution is 7.86. The van der Waals surface area contributed by atoms with Crippen LogP contribution in [-0.2, 0) is 14.9 Å². The van der Waals surface area contributed by atoms with Gasteiger partial charge in [0.2, 0.25) is 0 Å². The van der Waals surface area contributed by atoms with Gasteiger partial charge in [-0.05, 0) is 12.5 Å². The fourth-order valence-electron chi connectivity index (χ4n) is 1.39. The second kappa shape index (κ2) is 7.17. The van der Waals surface area contributed by atoms with Gasteiger partial charge in [0.25, 0.3) is 15.8 Å². The summed E-state index contributed by atoms with van der Waals surface area (Å²) >= 11 is 0. The van der Waals surface area contributed by atoms with E-state index in [9.17, 15) is 18.5 Å². The lowest BCUT2D eigenvalue weighted by atomic mass is 10.3. The van der Waals surface area contributed by atoms with Crippen LogP contribution in [0.5, 0.6) is 5.75 Å². The van der Waals surface area contributed by atoms with Crippen LogP contribution in [0.3, 0.4) is 0 Å². The summed E-state index contributed by atoms with van der Waals surface area (Å²) in [4.78, 5) is 9.19. The van der Waals surface area contributed by atoms with Crippen molar-refractivity contribution in [3.05, 3.63) is 28.3 Å². The maximum atomic E-state index is 11.2. The van der Waals surface area contributed by atoms with Gasteiger partial charge < -0.3 is 9.47 Å². The SMILES string of the molecule is CCCOCCOc1ccc([N+](=O)[O-])cc1S(=O)(=O)O. The lowest BCUT2D eigenvalue weighted by Gasteiger charge is -2.09. The predicted octanol–water partition coefficient (Wildman–Crippen LogP) is 1.65. The Hall–Kier alpha value is -1.71. The maximum Gasteiger partial charge on any atom is 0.298 e. The molecule has 0 fully saturated rings. The zero-order chi connectivity index (χ0) is 15.2. The van der Waals surface area contributed by atoms with Crippen LogP contribution in [0.4, 0.5) is 5.69 Å². The molecule has 0 radical (unpaired) electrons. The first-order valence-electron chi connectivity index (χ1n) is 5.82. The molecule has 0 spiro atoms. The highest BCUT2D eigenvalue weighted by Crippen LogP contribution is 2.28. The number of hydrogen-bond acceptors (Lipinski definition) is 6. The maximum absolute atomic E-state index is 11.2. The molecule has 0 atom stereocenters. The number of ether oxygens (including phenoxy) is 2. The molecule has 112 valence electrons. The van der Waals surface area contributed by atoms with Crippen molar-refractivity contribution in [3.8, 4) is 5.75 Å². The third kappa shape index (κ3) is 4.76. The Bertz CT molecular complexity index is 570. The second-order valence-electron chi connectivity index (χ2n) is 3.82. The first-order valence-corrected chi connectivity index (χ1v) is 7.26. The number of rotatable bonds is 8. The molecule has 1 aromatic rings. The summed E-state index contributed by atoms with van der Waals surface area (Å²) in [5, 5.41) is 10.6. The normalized spacial score (nSPS) is 11.3. The quantitative estimate of drug-likeness (QED) is 0.336. The van der Waals surface area contributed by atoms with Gasteiger partial charge in [-0.25, -0.2) is 0 Å². The molecule has 0 saturated heterocycles. The van der Waals surface area contributed by atoms with Crippen molar-refractivity contribution in [1.29, 1.82) is 0 Å². The van der Waals surface area contributed by atoms with Crippen molar-refractivity contribution in [2.45, 2.75) is 18.2 Å². The smallest absolute Gasteiger partial charge is 0.298 e. The van der Waals surface area contributed by atoms with Gasteiger partial charge in [0, 0.05) is 18.7 Å². The Balaban J connectivity index is 2.87. The van der Waals surface area contributed by atoms with Crippen LogP contribution in [0.2, 0.25) is 0 Å². The van der Waals surface area contributed by atoms with E-state index in [1.165, 1.54) is 0 Å². The fraction of sp³-hybridized carbons (Fsp3) is 0.455. The Morgan fingerprint density at radius 2 is 2.00 bits per heavy atom. The highest BCUT2D eigenvalue weighted by atomic mass is 32.2. The lowest BCUT2D eigenvalue weighted by Crippen LogP contribution is -2.10. The number of hydrogen-bond donors (Lipinski definition) is 1. The van der Waals surface area contributed by atoms with Crippen LogP contribution in [-0.4, -0.2) is 37.7 Å². The molecule has 0 bridgehead atoms. The third-order valence-corrected chi connectivity index (χ3v) is 3.12. The molecule has 1 N–H and O–H groups in total. The number of nitro benzene ring substituents is 1. The molecule has 0 aliphatic rings. The van der Waals surface area contributed by atoms with E-state index in [1.54, 1.807) is 0 Å². The summed E-state index contributed by atoms with van der Waals surface area (Å²) in [6.07, 6.45) is 0.841. The molecule has 8 nitrogen and oxygen atoms in total. The average Bonchev–Trinajstić information content (AvgIpc) is 2.37. The molecule has 0 saturated carbocycles. The topological polar surface area (TPSA) is 116 Å². The van der Waals surface area contributed by atoms with E-state index in [-0.39, 0.29) is 19.0 Å². The fourth-order valence-corrected chi connectivity index (χ4v) is 2.04. The summed E-state index contributed by atoms with van der Waals surface area (Å²) in [5.74, 6) is -0.154. The van der Waals surface area contributed by atoms with Gasteiger partial charge in [-0.3, -0.25) is 14.7 Å². The van der Waals surface area contributed by atoms with Crippen LogP contribution in [0, 0.1) is 10.1 Å². The summed E-state index contributed by atoms with van der Waals surface area (Å²) in [7, 11) is -4.61. The number of nitro groups is 1. The molecule has 0 aromatic heterocycles.